The van der Waals surface area contributed by atoms with E-state index >= 15 is 0 Å². The number of methoxy groups -OCH3 is 1. The third kappa shape index (κ3) is 4.00. The van der Waals surface area contributed by atoms with E-state index in [-0.39, 0.29) is 6.10 Å². The minimum atomic E-state index is -0.344. The topological polar surface area (TPSA) is 86.2 Å². The van der Waals surface area contributed by atoms with Crippen molar-refractivity contribution in [2.75, 3.05) is 19.4 Å². The predicted molar refractivity (Wildman–Crippen MR) is 87.7 cm³/mol. The number of aliphatic hydroxyl groups is 1. The van der Waals surface area contributed by atoms with Crippen molar-refractivity contribution in [1.82, 2.24) is 14.8 Å². The lowest BCUT2D eigenvalue weighted by Crippen LogP contribution is -2.11. The maximum absolute atomic E-state index is 9.74. The van der Waals surface area contributed by atoms with E-state index in [0.29, 0.717) is 18.7 Å². The molecule has 1 aromatic carbocycles. The molecule has 0 bridgehead atoms. The van der Waals surface area contributed by atoms with Crippen LogP contribution in [-0.2, 0) is 6.42 Å². The normalized spacial score (nSPS) is 12.4. The van der Waals surface area contributed by atoms with Crippen LogP contribution in [0.25, 0.3) is 5.69 Å². The molecule has 1 aromatic heterocycles. The van der Waals surface area contributed by atoms with E-state index < -0.39 is 0 Å². The molecule has 2 rings (SSSR count). The van der Waals surface area contributed by atoms with Gasteiger partial charge in [-0.25, -0.2) is 0 Å². The molecular formula is C15H22N4O2S. The highest BCUT2D eigenvalue weighted by Crippen LogP contribution is 2.24. The summed E-state index contributed by atoms with van der Waals surface area (Å²) in [7, 11) is 1.64. The third-order valence-corrected chi connectivity index (χ3v) is 4.35. The van der Waals surface area contributed by atoms with E-state index in [2.05, 4.69) is 10.2 Å². The predicted octanol–water partition coefficient (Wildman–Crippen LogP) is 1.64. The van der Waals surface area contributed by atoms with Gasteiger partial charge in [-0.15, -0.1) is 10.2 Å². The molecule has 0 fully saturated rings. The third-order valence-electron chi connectivity index (χ3n) is 3.28. The second-order valence-corrected chi connectivity index (χ2v) is 5.83. The largest absolute Gasteiger partial charge is 0.497 e. The second kappa shape index (κ2) is 8.17. The van der Waals surface area contributed by atoms with Crippen molar-refractivity contribution in [2.24, 2.45) is 5.73 Å². The Hall–Kier alpha value is -1.57. The summed E-state index contributed by atoms with van der Waals surface area (Å²) in [5, 5.41) is 19.0. The second-order valence-electron chi connectivity index (χ2n) is 4.84. The van der Waals surface area contributed by atoms with Gasteiger partial charge in [0.25, 0.3) is 0 Å². The number of thioether (sulfide) groups is 1. The Morgan fingerprint density at radius 2 is 2.05 bits per heavy atom. The Kier molecular flexibility index (Phi) is 6.23. The van der Waals surface area contributed by atoms with Crippen LogP contribution >= 0.6 is 11.8 Å². The van der Waals surface area contributed by atoms with Crippen LogP contribution in [0.3, 0.4) is 0 Å². The fraction of sp³-hybridized carbons (Fsp3) is 0.467. The van der Waals surface area contributed by atoms with Crippen molar-refractivity contribution >= 4 is 11.8 Å². The lowest BCUT2D eigenvalue weighted by Gasteiger charge is -2.11. The molecule has 2 aromatic rings. The quantitative estimate of drug-likeness (QED) is 0.719. The minimum absolute atomic E-state index is 0.344. The van der Waals surface area contributed by atoms with Gasteiger partial charge in [0.1, 0.15) is 11.6 Å². The number of hydrogen-bond acceptors (Lipinski definition) is 6. The van der Waals surface area contributed by atoms with E-state index in [4.69, 9.17) is 10.5 Å². The first-order valence-electron chi connectivity index (χ1n) is 7.29. The Balaban J connectivity index is 2.30. The first-order valence-corrected chi connectivity index (χ1v) is 8.27. The summed E-state index contributed by atoms with van der Waals surface area (Å²) in [6.07, 6.45) is 1.03. The van der Waals surface area contributed by atoms with E-state index in [1.165, 1.54) is 11.8 Å². The first kappa shape index (κ1) is 16.8. The lowest BCUT2D eigenvalue weighted by molar-refractivity contribution is 0.195. The molecule has 3 N–H and O–H groups in total. The highest BCUT2D eigenvalue weighted by molar-refractivity contribution is 7.99. The van der Waals surface area contributed by atoms with Crippen molar-refractivity contribution in [3.63, 3.8) is 0 Å². The molecule has 1 atom stereocenters. The summed E-state index contributed by atoms with van der Waals surface area (Å²) in [5.74, 6) is 2.21. The van der Waals surface area contributed by atoms with E-state index in [0.717, 1.165) is 28.8 Å². The van der Waals surface area contributed by atoms with Crippen molar-refractivity contribution in [3.05, 3.63) is 30.1 Å². The Labute approximate surface area is 134 Å². The van der Waals surface area contributed by atoms with Crippen LogP contribution in [0, 0.1) is 0 Å². The van der Waals surface area contributed by atoms with E-state index in [1.54, 1.807) is 7.11 Å². The summed E-state index contributed by atoms with van der Waals surface area (Å²) in [4.78, 5) is 0. The molecule has 0 spiro atoms. The van der Waals surface area contributed by atoms with Gasteiger partial charge in [-0.3, -0.25) is 4.57 Å². The maximum Gasteiger partial charge on any atom is 0.195 e. The number of hydrogen-bond donors (Lipinski definition) is 2. The molecule has 1 heterocycles. The molecule has 0 unspecified atom stereocenters. The number of aromatic nitrogens is 3. The number of benzene rings is 1. The summed E-state index contributed by atoms with van der Waals surface area (Å²) in [6.45, 7) is 2.47. The zero-order valence-electron chi connectivity index (χ0n) is 12.9. The van der Waals surface area contributed by atoms with Crippen LogP contribution in [-0.4, -0.2) is 45.4 Å². The average molecular weight is 322 g/mol. The van der Waals surface area contributed by atoms with E-state index in [9.17, 15) is 5.11 Å². The van der Waals surface area contributed by atoms with Gasteiger partial charge in [-0.2, -0.15) is 0 Å². The average Bonchev–Trinajstić information content (AvgIpc) is 2.95. The fourth-order valence-electron chi connectivity index (χ4n) is 1.96. The highest BCUT2D eigenvalue weighted by Gasteiger charge is 2.15. The lowest BCUT2D eigenvalue weighted by atomic mass is 10.3. The number of aliphatic hydroxyl groups excluding tert-OH is 1. The molecule has 7 heteroatoms. The molecule has 0 aliphatic heterocycles. The first-order chi connectivity index (χ1) is 10.7. The van der Waals surface area contributed by atoms with Gasteiger partial charge in [0.15, 0.2) is 5.16 Å². The van der Waals surface area contributed by atoms with Crippen LogP contribution in [0.4, 0.5) is 0 Å². The Morgan fingerprint density at radius 1 is 1.32 bits per heavy atom. The molecule has 0 saturated heterocycles. The number of rotatable bonds is 8. The van der Waals surface area contributed by atoms with Crippen LogP contribution in [0.2, 0.25) is 0 Å². The summed E-state index contributed by atoms with van der Waals surface area (Å²) in [5.41, 5.74) is 6.62. The number of nitrogens with two attached hydrogens (primary N) is 1. The molecule has 0 aliphatic carbocycles. The fourth-order valence-corrected chi connectivity index (χ4v) is 2.98. The van der Waals surface area contributed by atoms with Gasteiger partial charge in [0, 0.05) is 17.9 Å². The molecule has 0 amide bonds. The zero-order valence-corrected chi connectivity index (χ0v) is 13.7. The number of nitrogens with zero attached hydrogens (tertiary/aromatic N) is 3. The molecule has 120 valence electrons. The highest BCUT2D eigenvalue weighted by atomic mass is 32.2. The van der Waals surface area contributed by atoms with Gasteiger partial charge in [0.05, 0.1) is 13.2 Å². The molecule has 22 heavy (non-hydrogen) atoms. The van der Waals surface area contributed by atoms with Gasteiger partial charge < -0.3 is 15.6 Å². The molecule has 0 saturated carbocycles. The van der Waals surface area contributed by atoms with Crippen molar-refractivity contribution < 1.29 is 9.84 Å². The summed E-state index contributed by atoms with van der Waals surface area (Å²) >= 11 is 1.50. The van der Waals surface area contributed by atoms with Gasteiger partial charge in [-0.1, -0.05) is 18.7 Å². The standard InChI is InChI=1S/C15H22N4O2S/c1-3-12(20)10-22-15-18-17-14(8-9-16)19(15)11-4-6-13(21-2)7-5-11/h4-7,12,20H,3,8-10,16H2,1-2H3/t12-/m0/s1. The molecule has 6 nitrogen and oxygen atoms in total. The van der Waals surface area contributed by atoms with Crippen molar-refractivity contribution in [2.45, 2.75) is 31.0 Å². The smallest absolute Gasteiger partial charge is 0.195 e. The number of ether oxygens (including phenoxy) is 1. The summed E-state index contributed by atoms with van der Waals surface area (Å²) in [6, 6.07) is 7.72. The Bertz CT molecular complexity index is 586. The van der Waals surface area contributed by atoms with Gasteiger partial charge >= 0.3 is 0 Å². The molecular weight excluding hydrogens is 300 g/mol. The van der Waals surface area contributed by atoms with Crippen molar-refractivity contribution in [3.8, 4) is 11.4 Å². The minimum Gasteiger partial charge on any atom is -0.497 e. The van der Waals surface area contributed by atoms with Gasteiger partial charge in [-0.05, 0) is 37.2 Å². The Morgan fingerprint density at radius 3 is 2.64 bits per heavy atom. The van der Waals surface area contributed by atoms with Crippen LogP contribution in [0.5, 0.6) is 5.75 Å². The maximum atomic E-state index is 9.74. The van der Waals surface area contributed by atoms with Crippen LogP contribution in [0.1, 0.15) is 19.2 Å². The molecule has 0 aliphatic rings. The summed E-state index contributed by atoms with van der Waals surface area (Å²) < 4.78 is 7.17. The molecule has 0 radical (unpaired) electrons. The van der Waals surface area contributed by atoms with E-state index in [1.807, 2.05) is 35.8 Å². The van der Waals surface area contributed by atoms with Crippen LogP contribution in [0.15, 0.2) is 29.4 Å². The monoisotopic (exact) mass is 322 g/mol. The van der Waals surface area contributed by atoms with Gasteiger partial charge in [0.2, 0.25) is 0 Å². The SMILES string of the molecule is CC[C@H](O)CSc1nnc(CCN)n1-c1ccc(OC)cc1. The van der Waals surface area contributed by atoms with Crippen LogP contribution < -0.4 is 10.5 Å². The van der Waals surface area contributed by atoms with Crippen molar-refractivity contribution in [1.29, 1.82) is 0 Å². The zero-order chi connectivity index (χ0) is 15.9.